The highest BCUT2D eigenvalue weighted by Gasteiger charge is 2.17. The van der Waals surface area contributed by atoms with E-state index in [-0.39, 0.29) is 0 Å². The van der Waals surface area contributed by atoms with Crippen molar-refractivity contribution in [3.05, 3.63) is 42.6 Å². The molecule has 3 rings (SSSR count). The minimum absolute atomic E-state index is 0.585. The molecule has 0 radical (unpaired) electrons. The van der Waals surface area contributed by atoms with E-state index in [1.807, 2.05) is 23.0 Å². The molecule has 0 amide bonds. The second-order valence-electron chi connectivity index (χ2n) is 5.02. The van der Waals surface area contributed by atoms with Gasteiger partial charge in [0, 0.05) is 50.8 Å². The second-order valence-corrected chi connectivity index (χ2v) is 5.02. The number of hydrogen-bond donors (Lipinski definition) is 1. The monoisotopic (exact) mass is 257 g/mol. The van der Waals surface area contributed by atoms with Gasteiger partial charge in [-0.2, -0.15) is 0 Å². The van der Waals surface area contributed by atoms with Crippen LogP contribution in [0.15, 0.2) is 37.1 Å². The number of hydrogen-bond acceptors (Lipinski definition) is 4. The average Bonchev–Trinajstić information content (AvgIpc) is 2.96. The topological polar surface area (TPSA) is 46.0 Å². The molecule has 1 aliphatic heterocycles. The Morgan fingerprint density at radius 1 is 1.42 bits per heavy atom. The summed E-state index contributed by atoms with van der Waals surface area (Å²) in [6.07, 6.45) is 7.39. The summed E-state index contributed by atoms with van der Waals surface area (Å²) in [7, 11) is 0. The van der Waals surface area contributed by atoms with E-state index < -0.39 is 0 Å². The van der Waals surface area contributed by atoms with Crippen LogP contribution in [-0.4, -0.2) is 45.1 Å². The van der Waals surface area contributed by atoms with Gasteiger partial charge in [0.05, 0.1) is 0 Å². The van der Waals surface area contributed by atoms with E-state index in [4.69, 9.17) is 0 Å². The average molecular weight is 257 g/mol. The largest absolute Gasteiger partial charge is 0.314 e. The molecule has 0 spiro atoms. The van der Waals surface area contributed by atoms with E-state index in [9.17, 15) is 0 Å². The van der Waals surface area contributed by atoms with Crippen LogP contribution in [0.25, 0.3) is 5.82 Å². The molecular formula is C14H19N5. The van der Waals surface area contributed by atoms with Crippen molar-refractivity contribution >= 4 is 0 Å². The molecular weight excluding hydrogens is 238 g/mol. The van der Waals surface area contributed by atoms with E-state index in [2.05, 4.69) is 33.2 Å². The number of nitrogens with zero attached hydrogens (tertiary/aromatic N) is 4. The van der Waals surface area contributed by atoms with E-state index in [1.165, 1.54) is 5.56 Å². The molecule has 0 aromatic carbocycles. The highest BCUT2D eigenvalue weighted by atomic mass is 15.2. The van der Waals surface area contributed by atoms with Crippen molar-refractivity contribution in [3.8, 4) is 5.82 Å². The van der Waals surface area contributed by atoms with Crippen LogP contribution in [0.1, 0.15) is 12.5 Å². The molecule has 19 heavy (non-hydrogen) atoms. The van der Waals surface area contributed by atoms with Gasteiger partial charge in [-0.15, -0.1) is 0 Å². The van der Waals surface area contributed by atoms with Crippen LogP contribution in [0.2, 0.25) is 0 Å². The summed E-state index contributed by atoms with van der Waals surface area (Å²) in [5, 5.41) is 3.41. The predicted molar refractivity (Wildman–Crippen MR) is 74.1 cm³/mol. The lowest BCUT2D eigenvalue weighted by molar-refractivity contribution is 0.165. The standard InChI is InChI=1S/C14H19N5/c1-12-8-15-4-6-18(12)10-13-2-3-14(17-9-13)19-7-5-16-11-19/h2-3,5,7,9,11-12,15H,4,6,8,10H2,1H3/t12-/m1/s1. The molecule has 3 heterocycles. The van der Waals surface area contributed by atoms with Gasteiger partial charge in [-0.3, -0.25) is 9.47 Å². The molecule has 0 aliphatic carbocycles. The molecule has 1 N–H and O–H groups in total. The van der Waals surface area contributed by atoms with Gasteiger partial charge in [0.15, 0.2) is 0 Å². The number of nitrogens with one attached hydrogen (secondary N) is 1. The molecule has 2 aromatic heterocycles. The third kappa shape index (κ3) is 2.83. The number of pyridine rings is 1. The van der Waals surface area contributed by atoms with Crippen molar-refractivity contribution in [1.29, 1.82) is 0 Å². The number of aromatic nitrogens is 3. The molecule has 1 saturated heterocycles. The zero-order chi connectivity index (χ0) is 13.1. The van der Waals surface area contributed by atoms with Gasteiger partial charge >= 0.3 is 0 Å². The van der Waals surface area contributed by atoms with E-state index >= 15 is 0 Å². The quantitative estimate of drug-likeness (QED) is 0.893. The maximum Gasteiger partial charge on any atom is 0.137 e. The minimum atomic E-state index is 0.585. The molecule has 100 valence electrons. The Morgan fingerprint density at radius 3 is 3.05 bits per heavy atom. The molecule has 1 fully saturated rings. The molecule has 0 saturated carbocycles. The van der Waals surface area contributed by atoms with Crippen LogP contribution in [0, 0.1) is 0 Å². The summed E-state index contributed by atoms with van der Waals surface area (Å²) in [5.41, 5.74) is 1.26. The van der Waals surface area contributed by atoms with Crippen molar-refractivity contribution in [2.75, 3.05) is 19.6 Å². The van der Waals surface area contributed by atoms with Crippen molar-refractivity contribution < 1.29 is 0 Å². The maximum absolute atomic E-state index is 4.49. The summed E-state index contributed by atoms with van der Waals surface area (Å²) in [6, 6.07) is 4.78. The van der Waals surface area contributed by atoms with Gasteiger partial charge in [0.1, 0.15) is 12.1 Å². The Balaban J connectivity index is 1.69. The summed E-state index contributed by atoms with van der Waals surface area (Å²) < 4.78 is 1.91. The van der Waals surface area contributed by atoms with Crippen molar-refractivity contribution in [2.45, 2.75) is 19.5 Å². The number of rotatable bonds is 3. The first-order valence-electron chi connectivity index (χ1n) is 6.71. The van der Waals surface area contributed by atoms with Gasteiger partial charge in [0.25, 0.3) is 0 Å². The summed E-state index contributed by atoms with van der Waals surface area (Å²) >= 11 is 0. The summed E-state index contributed by atoms with van der Waals surface area (Å²) in [5.74, 6) is 0.912. The lowest BCUT2D eigenvalue weighted by Gasteiger charge is -2.33. The third-order valence-electron chi connectivity index (χ3n) is 3.60. The lowest BCUT2D eigenvalue weighted by Crippen LogP contribution is -2.49. The van der Waals surface area contributed by atoms with Gasteiger partial charge in [0.2, 0.25) is 0 Å². The van der Waals surface area contributed by atoms with Gasteiger partial charge < -0.3 is 5.32 Å². The second kappa shape index (κ2) is 5.50. The van der Waals surface area contributed by atoms with Gasteiger partial charge in [-0.1, -0.05) is 6.07 Å². The van der Waals surface area contributed by atoms with Crippen LogP contribution < -0.4 is 5.32 Å². The first kappa shape index (κ1) is 12.3. The third-order valence-corrected chi connectivity index (χ3v) is 3.60. The van der Waals surface area contributed by atoms with Crippen molar-refractivity contribution in [2.24, 2.45) is 0 Å². The lowest BCUT2D eigenvalue weighted by atomic mass is 10.2. The van der Waals surface area contributed by atoms with Gasteiger partial charge in [-0.05, 0) is 18.6 Å². The van der Waals surface area contributed by atoms with E-state index in [0.29, 0.717) is 6.04 Å². The SMILES string of the molecule is C[C@@H]1CNCCN1Cc1ccc(-n2ccnc2)nc1. The molecule has 0 unspecified atom stereocenters. The minimum Gasteiger partial charge on any atom is -0.314 e. The summed E-state index contributed by atoms with van der Waals surface area (Å²) in [6.45, 7) is 6.48. The first-order valence-corrected chi connectivity index (χ1v) is 6.71. The van der Waals surface area contributed by atoms with E-state index in [0.717, 1.165) is 32.0 Å². The zero-order valence-electron chi connectivity index (χ0n) is 11.2. The fraction of sp³-hybridized carbons (Fsp3) is 0.429. The van der Waals surface area contributed by atoms with Crippen LogP contribution >= 0.6 is 0 Å². The molecule has 0 bridgehead atoms. The van der Waals surface area contributed by atoms with Crippen LogP contribution in [0.5, 0.6) is 0 Å². The Kier molecular flexibility index (Phi) is 3.57. The smallest absolute Gasteiger partial charge is 0.137 e. The molecule has 2 aromatic rings. The van der Waals surface area contributed by atoms with Crippen molar-refractivity contribution in [1.82, 2.24) is 24.8 Å². The Labute approximate surface area is 113 Å². The number of piperazine rings is 1. The highest BCUT2D eigenvalue weighted by Crippen LogP contribution is 2.11. The predicted octanol–water partition coefficient (Wildman–Crippen LogP) is 1.06. The fourth-order valence-corrected chi connectivity index (χ4v) is 2.41. The van der Waals surface area contributed by atoms with Gasteiger partial charge in [-0.25, -0.2) is 9.97 Å². The highest BCUT2D eigenvalue weighted by molar-refractivity contribution is 5.25. The first-order chi connectivity index (χ1) is 9.33. The van der Waals surface area contributed by atoms with Crippen LogP contribution in [0.4, 0.5) is 0 Å². The Morgan fingerprint density at radius 2 is 2.37 bits per heavy atom. The van der Waals surface area contributed by atoms with E-state index in [1.54, 1.807) is 12.5 Å². The molecule has 5 nitrogen and oxygen atoms in total. The number of imidazole rings is 1. The molecule has 1 aliphatic rings. The Hall–Kier alpha value is -1.72. The summed E-state index contributed by atoms with van der Waals surface area (Å²) in [4.78, 5) is 11.0. The molecule has 1 atom stereocenters. The fourth-order valence-electron chi connectivity index (χ4n) is 2.41. The Bertz CT molecular complexity index is 505. The van der Waals surface area contributed by atoms with Crippen LogP contribution in [-0.2, 0) is 6.54 Å². The normalized spacial score (nSPS) is 20.6. The molecule has 5 heteroatoms. The zero-order valence-corrected chi connectivity index (χ0v) is 11.2. The maximum atomic E-state index is 4.49. The van der Waals surface area contributed by atoms with Crippen molar-refractivity contribution in [3.63, 3.8) is 0 Å². The van der Waals surface area contributed by atoms with Crippen LogP contribution in [0.3, 0.4) is 0 Å².